The first-order valence-electron chi connectivity index (χ1n) is 10.6. The predicted molar refractivity (Wildman–Crippen MR) is 129 cm³/mol. The number of carbonyl (C=O) groups excluding carboxylic acids is 1. The highest BCUT2D eigenvalue weighted by Gasteiger charge is 2.21. The monoisotopic (exact) mass is 460 g/mol. The molecule has 0 spiro atoms. The van der Waals surface area contributed by atoms with Gasteiger partial charge in [0.15, 0.2) is 6.04 Å². The van der Waals surface area contributed by atoms with Gasteiger partial charge in [-0.2, -0.15) is 0 Å². The van der Waals surface area contributed by atoms with Crippen molar-refractivity contribution in [2.75, 3.05) is 7.11 Å². The van der Waals surface area contributed by atoms with Gasteiger partial charge in [-0.05, 0) is 48.7 Å². The lowest BCUT2D eigenvalue weighted by Gasteiger charge is -2.12. The van der Waals surface area contributed by atoms with Gasteiger partial charge in [-0.15, -0.1) is 0 Å². The molecule has 2 aromatic carbocycles. The van der Waals surface area contributed by atoms with Crippen LogP contribution in [0.5, 0.6) is 5.88 Å². The minimum Gasteiger partial charge on any atom is -0.493 e. The second-order valence-electron chi connectivity index (χ2n) is 8.06. The quantitative estimate of drug-likeness (QED) is 0.301. The number of benzene rings is 2. The van der Waals surface area contributed by atoms with Crippen LogP contribution < -0.4 is 11.2 Å². The zero-order chi connectivity index (χ0) is 24.4. The first-order chi connectivity index (χ1) is 16.3. The third-order valence-corrected chi connectivity index (χ3v) is 5.53. The highest BCUT2D eigenvalue weighted by Crippen LogP contribution is 2.21. The number of nitrogens with one attached hydrogen (secondary N) is 2. The maximum atomic E-state index is 12.5. The Bertz CT molecular complexity index is 1510. The second kappa shape index (κ2) is 9.22. The van der Waals surface area contributed by atoms with Crippen molar-refractivity contribution in [3.63, 3.8) is 0 Å². The summed E-state index contributed by atoms with van der Waals surface area (Å²) in [5.41, 5.74) is 2.08. The van der Waals surface area contributed by atoms with Crippen molar-refractivity contribution in [3.8, 4) is 11.6 Å². The van der Waals surface area contributed by atoms with Crippen LogP contribution >= 0.6 is 0 Å². The number of aryl methyl sites for hydroxylation is 2. The van der Waals surface area contributed by atoms with Crippen LogP contribution in [0.25, 0.3) is 16.6 Å². The van der Waals surface area contributed by atoms with Crippen LogP contribution in [0.15, 0.2) is 63.2 Å². The number of methoxy groups -OCH3 is 1. The average Bonchev–Trinajstić information content (AvgIpc) is 3.19. The molecule has 9 heteroatoms. The Balaban J connectivity index is 1.75. The Labute approximate surface area is 194 Å². The third-order valence-electron chi connectivity index (χ3n) is 5.53. The van der Waals surface area contributed by atoms with Gasteiger partial charge in [0.2, 0.25) is 5.88 Å². The van der Waals surface area contributed by atoms with E-state index < -0.39 is 29.1 Å². The van der Waals surface area contributed by atoms with E-state index in [0.29, 0.717) is 5.69 Å². The van der Waals surface area contributed by atoms with Crippen molar-refractivity contribution < 1.29 is 14.6 Å². The summed E-state index contributed by atoms with van der Waals surface area (Å²) in [7, 11) is 1.25. The molecule has 2 heterocycles. The third kappa shape index (κ3) is 4.40. The Hall–Kier alpha value is -4.40. The molecule has 0 saturated heterocycles. The van der Waals surface area contributed by atoms with E-state index in [1.54, 1.807) is 18.3 Å². The van der Waals surface area contributed by atoms with Gasteiger partial charge in [0.1, 0.15) is 5.56 Å². The van der Waals surface area contributed by atoms with Crippen LogP contribution in [0.4, 0.5) is 0 Å². The number of H-pyrrole nitrogens is 2. The van der Waals surface area contributed by atoms with Crippen molar-refractivity contribution in [3.05, 3.63) is 91.8 Å². The number of para-hydroxylation sites is 1. The van der Waals surface area contributed by atoms with Crippen molar-refractivity contribution >= 4 is 23.1 Å². The number of aromatic amines is 2. The smallest absolute Gasteiger partial charge is 0.335 e. The van der Waals surface area contributed by atoms with Crippen LogP contribution in [0, 0.1) is 13.8 Å². The van der Waals surface area contributed by atoms with Crippen LogP contribution in [-0.4, -0.2) is 45.0 Å². The van der Waals surface area contributed by atoms with Gasteiger partial charge in [0.05, 0.1) is 12.8 Å². The summed E-state index contributed by atoms with van der Waals surface area (Å²) < 4.78 is 5.89. The zero-order valence-electron chi connectivity index (χ0n) is 19.0. The number of rotatable bonds is 6. The van der Waals surface area contributed by atoms with Crippen LogP contribution in [0.1, 0.15) is 22.3 Å². The van der Waals surface area contributed by atoms with Gasteiger partial charge < -0.3 is 14.8 Å². The molecule has 4 aromatic rings. The van der Waals surface area contributed by atoms with Gasteiger partial charge in [-0.1, -0.05) is 24.3 Å². The fraction of sp³-hybridized carbons (Fsp3) is 0.200. The molecule has 0 aliphatic rings. The normalized spacial score (nSPS) is 12.3. The standard InChI is InChI=1S/C25H24N4O5/c1-14-8-15(2)10-17(9-14)29-23(31)19(22(30)28-25(29)33)13-27-21(24(32)34-3)11-16-12-26-20-7-5-4-6-18(16)20/h4-10,12-13,21,26,31H,11H2,1-3H3,(H,28,30,33)/t21-/m1/s1. The molecule has 0 aliphatic heterocycles. The lowest BCUT2D eigenvalue weighted by molar-refractivity contribution is -0.142. The fourth-order valence-electron chi connectivity index (χ4n) is 3.98. The van der Waals surface area contributed by atoms with Crippen LogP contribution in [0.3, 0.4) is 0 Å². The highest BCUT2D eigenvalue weighted by atomic mass is 16.5. The van der Waals surface area contributed by atoms with E-state index >= 15 is 0 Å². The molecule has 3 N–H and O–H groups in total. The molecule has 0 aliphatic carbocycles. The Morgan fingerprint density at radius 3 is 2.59 bits per heavy atom. The molecule has 1 atom stereocenters. The molecule has 0 bridgehead atoms. The molecule has 0 amide bonds. The molecular weight excluding hydrogens is 436 g/mol. The van der Waals surface area contributed by atoms with E-state index in [2.05, 4.69) is 15.0 Å². The van der Waals surface area contributed by atoms with Crippen LogP contribution in [0.2, 0.25) is 0 Å². The number of aromatic hydroxyl groups is 1. The molecule has 174 valence electrons. The van der Waals surface area contributed by atoms with Crippen LogP contribution in [-0.2, 0) is 16.0 Å². The first kappa shape index (κ1) is 22.8. The molecule has 0 unspecified atom stereocenters. The summed E-state index contributed by atoms with van der Waals surface area (Å²) in [6, 6.07) is 12.0. The van der Waals surface area contributed by atoms with E-state index in [1.165, 1.54) is 7.11 Å². The predicted octanol–water partition coefficient (Wildman–Crippen LogP) is 2.53. The number of ether oxygens (including phenoxy) is 1. The summed E-state index contributed by atoms with van der Waals surface area (Å²) in [6.07, 6.45) is 3.10. The van der Waals surface area contributed by atoms with Crippen molar-refractivity contribution in [2.24, 2.45) is 4.99 Å². The number of aliphatic imine (C=N–C) groups is 1. The van der Waals surface area contributed by atoms with Gasteiger partial charge in [0, 0.05) is 29.7 Å². The molecule has 0 saturated carbocycles. The summed E-state index contributed by atoms with van der Waals surface area (Å²) in [5, 5.41) is 11.8. The van der Waals surface area contributed by atoms with E-state index in [0.717, 1.165) is 38.4 Å². The van der Waals surface area contributed by atoms with Crippen molar-refractivity contribution in [1.82, 2.24) is 14.5 Å². The number of hydrogen-bond acceptors (Lipinski definition) is 6. The Kier molecular flexibility index (Phi) is 6.18. The fourth-order valence-corrected chi connectivity index (χ4v) is 3.98. The van der Waals surface area contributed by atoms with Gasteiger partial charge in [-0.3, -0.25) is 14.8 Å². The number of esters is 1. The Morgan fingerprint density at radius 2 is 1.88 bits per heavy atom. The summed E-state index contributed by atoms with van der Waals surface area (Å²) in [5.74, 6) is -1.17. The zero-order valence-corrected chi connectivity index (χ0v) is 19.0. The summed E-state index contributed by atoms with van der Waals surface area (Å²) in [4.78, 5) is 47.0. The molecule has 0 radical (unpaired) electrons. The molecule has 9 nitrogen and oxygen atoms in total. The lowest BCUT2D eigenvalue weighted by atomic mass is 10.1. The van der Waals surface area contributed by atoms with Crippen molar-refractivity contribution in [1.29, 1.82) is 0 Å². The van der Waals surface area contributed by atoms with Gasteiger partial charge in [-0.25, -0.2) is 14.2 Å². The number of carbonyl (C=O) groups is 1. The lowest BCUT2D eigenvalue weighted by Crippen LogP contribution is -2.32. The Morgan fingerprint density at radius 1 is 1.18 bits per heavy atom. The maximum Gasteiger partial charge on any atom is 0.335 e. The average molecular weight is 460 g/mol. The number of fused-ring (bicyclic) bond motifs is 1. The van der Waals surface area contributed by atoms with E-state index in [9.17, 15) is 19.5 Å². The maximum absolute atomic E-state index is 12.5. The van der Waals surface area contributed by atoms with Gasteiger partial charge >= 0.3 is 11.7 Å². The number of aromatic nitrogens is 3. The van der Waals surface area contributed by atoms with E-state index in [-0.39, 0.29) is 12.0 Å². The minimum atomic E-state index is -0.968. The first-order valence-corrected chi connectivity index (χ1v) is 10.6. The largest absolute Gasteiger partial charge is 0.493 e. The SMILES string of the molecule is COC(=O)[C@@H](Cc1c[nH]c2ccccc12)N=Cc1c(O)n(-c2cc(C)cc(C)c2)c(=O)[nH]c1=O. The highest BCUT2D eigenvalue weighted by molar-refractivity contribution is 5.87. The second-order valence-corrected chi connectivity index (χ2v) is 8.06. The summed E-state index contributed by atoms with van der Waals surface area (Å²) in [6.45, 7) is 3.72. The minimum absolute atomic E-state index is 0.211. The number of nitrogens with zero attached hydrogens (tertiary/aromatic N) is 2. The topological polar surface area (TPSA) is 130 Å². The molecular formula is C25H24N4O5. The summed E-state index contributed by atoms with van der Waals surface area (Å²) >= 11 is 0. The van der Waals surface area contributed by atoms with E-state index in [4.69, 9.17) is 4.74 Å². The van der Waals surface area contributed by atoms with E-state index in [1.807, 2.05) is 44.2 Å². The molecule has 34 heavy (non-hydrogen) atoms. The van der Waals surface area contributed by atoms with Gasteiger partial charge in [0.25, 0.3) is 5.56 Å². The molecule has 2 aromatic heterocycles. The van der Waals surface area contributed by atoms with Crippen molar-refractivity contribution in [2.45, 2.75) is 26.3 Å². The number of hydrogen-bond donors (Lipinski definition) is 3. The molecule has 0 fully saturated rings. The molecule has 4 rings (SSSR count).